The molecule has 0 atom stereocenters. The molecule has 0 N–H and O–H groups in total. The van der Waals surface area contributed by atoms with Crippen LogP contribution in [0, 0.1) is 0 Å². The van der Waals surface area contributed by atoms with Crippen molar-refractivity contribution in [2.45, 2.75) is 45.9 Å². The van der Waals surface area contributed by atoms with Crippen LogP contribution in [0.1, 0.15) is 23.0 Å². The van der Waals surface area contributed by atoms with Crippen LogP contribution in [0.2, 0.25) is 25.7 Å². The SMILES string of the molecule is CC(=O)c1cc2cnn(COCC[Si](C)(C)C)c2cc1OCc1ccon1. The molecule has 0 fully saturated rings. The lowest BCUT2D eigenvalue weighted by Gasteiger charge is -2.15. The van der Waals surface area contributed by atoms with Crippen molar-refractivity contribution in [1.29, 1.82) is 0 Å². The van der Waals surface area contributed by atoms with Crippen LogP contribution in [-0.2, 0) is 18.1 Å². The monoisotopic (exact) mass is 387 g/mol. The van der Waals surface area contributed by atoms with Gasteiger partial charge in [-0.05, 0) is 19.0 Å². The number of ether oxygens (including phenoxy) is 2. The number of benzene rings is 1. The van der Waals surface area contributed by atoms with Gasteiger partial charge in [-0.2, -0.15) is 5.10 Å². The molecule has 0 spiro atoms. The summed E-state index contributed by atoms with van der Waals surface area (Å²) in [6, 6.07) is 6.47. The van der Waals surface area contributed by atoms with E-state index >= 15 is 0 Å². The fourth-order valence-corrected chi connectivity index (χ4v) is 3.35. The second-order valence-corrected chi connectivity index (χ2v) is 13.4. The van der Waals surface area contributed by atoms with Gasteiger partial charge in [0, 0.05) is 32.2 Å². The summed E-state index contributed by atoms with van der Waals surface area (Å²) >= 11 is 0. The first kappa shape index (κ1) is 19.3. The van der Waals surface area contributed by atoms with Crippen LogP contribution < -0.4 is 4.74 Å². The quantitative estimate of drug-likeness (QED) is 0.312. The Morgan fingerprint density at radius 2 is 2.11 bits per heavy atom. The Hall–Kier alpha value is -2.45. The summed E-state index contributed by atoms with van der Waals surface area (Å²) in [5, 5.41) is 9.09. The fraction of sp³-hybridized carbons (Fsp3) is 0.421. The Kier molecular flexibility index (Phi) is 5.76. The molecule has 144 valence electrons. The summed E-state index contributed by atoms with van der Waals surface area (Å²) in [5.74, 6) is 0.438. The lowest BCUT2D eigenvalue weighted by molar-refractivity contribution is 0.0816. The molecular formula is C19H25N3O4Si. The lowest BCUT2D eigenvalue weighted by atomic mass is 10.1. The Labute approximate surface area is 159 Å². The second kappa shape index (κ2) is 8.06. The number of hydrogen-bond donors (Lipinski definition) is 0. The molecule has 27 heavy (non-hydrogen) atoms. The first-order valence-corrected chi connectivity index (χ1v) is 12.6. The van der Waals surface area contributed by atoms with Crippen molar-refractivity contribution < 1.29 is 18.8 Å². The molecule has 0 saturated heterocycles. The maximum absolute atomic E-state index is 12.0. The van der Waals surface area contributed by atoms with E-state index in [-0.39, 0.29) is 12.4 Å². The smallest absolute Gasteiger partial charge is 0.163 e. The molecule has 0 saturated carbocycles. The molecule has 0 radical (unpaired) electrons. The number of carbonyl (C=O) groups is 1. The molecule has 3 rings (SSSR count). The minimum Gasteiger partial charge on any atom is -0.486 e. The number of nitrogens with zero attached hydrogens (tertiary/aromatic N) is 3. The lowest BCUT2D eigenvalue weighted by Crippen LogP contribution is -2.22. The van der Waals surface area contributed by atoms with Crippen molar-refractivity contribution in [3.05, 3.63) is 41.9 Å². The van der Waals surface area contributed by atoms with E-state index in [0.29, 0.717) is 23.7 Å². The third kappa shape index (κ3) is 5.05. The minimum atomic E-state index is -1.12. The highest BCUT2D eigenvalue weighted by Crippen LogP contribution is 2.27. The van der Waals surface area contributed by atoms with Gasteiger partial charge in [0.05, 0.1) is 17.3 Å². The van der Waals surface area contributed by atoms with Crippen molar-refractivity contribution in [2.24, 2.45) is 0 Å². The number of ketones is 1. The van der Waals surface area contributed by atoms with Crippen molar-refractivity contribution in [1.82, 2.24) is 14.9 Å². The van der Waals surface area contributed by atoms with Gasteiger partial charge in [0.1, 0.15) is 31.0 Å². The summed E-state index contributed by atoms with van der Waals surface area (Å²) in [4.78, 5) is 12.0. The zero-order valence-corrected chi connectivity index (χ0v) is 17.2. The average Bonchev–Trinajstić information content (AvgIpc) is 3.24. The fourth-order valence-electron chi connectivity index (χ4n) is 2.60. The van der Waals surface area contributed by atoms with Crippen LogP contribution in [0.15, 0.2) is 35.2 Å². The van der Waals surface area contributed by atoms with E-state index in [1.807, 2.05) is 6.07 Å². The summed E-state index contributed by atoms with van der Waals surface area (Å²) in [5.41, 5.74) is 2.04. The van der Waals surface area contributed by atoms with Gasteiger partial charge in [-0.15, -0.1) is 0 Å². The Balaban J connectivity index is 1.78. The van der Waals surface area contributed by atoms with E-state index < -0.39 is 8.07 Å². The normalized spacial score (nSPS) is 11.9. The molecule has 8 heteroatoms. The van der Waals surface area contributed by atoms with Crippen LogP contribution in [0.5, 0.6) is 5.75 Å². The van der Waals surface area contributed by atoms with Crippen LogP contribution in [0.4, 0.5) is 0 Å². The van der Waals surface area contributed by atoms with E-state index in [1.54, 1.807) is 23.0 Å². The maximum atomic E-state index is 12.0. The first-order chi connectivity index (χ1) is 12.8. The highest BCUT2D eigenvalue weighted by Gasteiger charge is 2.15. The van der Waals surface area contributed by atoms with Crippen molar-refractivity contribution in [3.63, 3.8) is 0 Å². The van der Waals surface area contributed by atoms with Gasteiger partial charge >= 0.3 is 0 Å². The van der Waals surface area contributed by atoms with Gasteiger partial charge in [0.2, 0.25) is 0 Å². The number of carbonyl (C=O) groups excluding carboxylic acids is 1. The molecule has 7 nitrogen and oxygen atoms in total. The number of rotatable bonds is 9. The number of hydrogen-bond acceptors (Lipinski definition) is 6. The summed E-state index contributed by atoms with van der Waals surface area (Å²) in [7, 11) is -1.12. The van der Waals surface area contributed by atoms with E-state index in [0.717, 1.165) is 23.6 Å². The third-order valence-electron chi connectivity index (χ3n) is 4.20. The predicted octanol–water partition coefficient (Wildman–Crippen LogP) is 4.12. The molecule has 0 aliphatic heterocycles. The van der Waals surface area contributed by atoms with Crippen LogP contribution in [0.25, 0.3) is 10.9 Å². The minimum absolute atomic E-state index is 0.0637. The molecule has 0 aliphatic carbocycles. The zero-order chi connectivity index (χ0) is 19.4. The summed E-state index contributed by atoms with van der Waals surface area (Å²) in [6.07, 6.45) is 3.23. The van der Waals surface area contributed by atoms with Gasteiger partial charge in [0.15, 0.2) is 5.78 Å². The Morgan fingerprint density at radius 1 is 1.30 bits per heavy atom. The molecule has 3 aromatic rings. The topological polar surface area (TPSA) is 79.4 Å². The van der Waals surface area contributed by atoms with Gasteiger partial charge in [-0.1, -0.05) is 24.8 Å². The van der Waals surface area contributed by atoms with Gasteiger partial charge < -0.3 is 14.0 Å². The Morgan fingerprint density at radius 3 is 2.78 bits per heavy atom. The number of Topliss-reactive ketones (excluding diaryl/α,β-unsaturated/α-hetero) is 1. The van der Waals surface area contributed by atoms with Crippen LogP contribution in [-0.4, -0.2) is 35.4 Å². The molecule has 0 unspecified atom stereocenters. The van der Waals surface area contributed by atoms with E-state index in [4.69, 9.17) is 14.0 Å². The molecule has 0 aliphatic rings. The van der Waals surface area contributed by atoms with E-state index in [2.05, 4.69) is 29.9 Å². The molecule has 2 aromatic heterocycles. The van der Waals surface area contributed by atoms with Crippen LogP contribution >= 0.6 is 0 Å². The van der Waals surface area contributed by atoms with Gasteiger partial charge in [-0.3, -0.25) is 4.79 Å². The van der Waals surface area contributed by atoms with Gasteiger partial charge in [0.25, 0.3) is 0 Å². The standard InChI is InChI=1S/C19H25N3O4Si/c1-14(23)17-9-15-11-20-22(13-24-7-8-27(2,3)4)18(15)10-19(17)25-12-16-5-6-26-21-16/h5-6,9-11H,7-8,12-13H2,1-4H3. The average molecular weight is 388 g/mol. The molecular weight excluding hydrogens is 362 g/mol. The molecule has 1 aromatic carbocycles. The van der Waals surface area contributed by atoms with Crippen molar-refractivity contribution in [2.75, 3.05) is 6.61 Å². The van der Waals surface area contributed by atoms with E-state index in [9.17, 15) is 4.79 Å². The third-order valence-corrected chi connectivity index (χ3v) is 5.90. The molecule has 0 amide bonds. The zero-order valence-electron chi connectivity index (χ0n) is 16.2. The van der Waals surface area contributed by atoms with Gasteiger partial charge in [-0.25, -0.2) is 4.68 Å². The van der Waals surface area contributed by atoms with Crippen LogP contribution in [0.3, 0.4) is 0 Å². The maximum Gasteiger partial charge on any atom is 0.163 e. The van der Waals surface area contributed by atoms with E-state index in [1.165, 1.54) is 13.2 Å². The second-order valence-electron chi connectivity index (χ2n) is 7.73. The highest BCUT2D eigenvalue weighted by atomic mass is 28.3. The highest BCUT2D eigenvalue weighted by molar-refractivity contribution is 6.76. The van der Waals surface area contributed by atoms with Crippen molar-refractivity contribution >= 4 is 24.8 Å². The molecule has 2 heterocycles. The summed E-state index contributed by atoms with van der Waals surface area (Å²) in [6.45, 7) is 9.80. The Bertz CT molecular complexity index is 913. The number of fused-ring (bicyclic) bond motifs is 1. The summed E-state index contributed by atoms with van der Waals surface area (Å²) < 4.78 is 18.2. The van der Waals surface area contributed by atoms with Crippen molar-refractivity contribution in [3.8, 4) is 5.75 Å². The molecule has 0 bridgehead atoms. The largest absolute Gasteiger partial charge is 0.486 e. The first-order valence-electron chi connectivity index (χ1n) is 8.94. The number of aromatic nitrogens is 3. The predicted molar refractivity (Wildman–Crippen MR) is 105 cm³/mol.